The summed E-state index contributed by atoms with van der Waals surface area (Å²) in [4.78, 5) is 7.13. The number of ether oxygens (including phenoxy) is 3. The van der Waals surface area contributed by atoms with E-state index >= 15 is 0 Å². The van der Waals surface area contributed by atoms with Gasteiger partial charge in [0.1, 0.15) is 5.75 Å². The van der Waals surface area contributed by atoms with Gasteiger partial charge in [-0.2, -0.15) is 0 Å². The lowest BCUT2D eigenvalue weighted by Crippen LogP contribution is -2.40. The van der Waals surface area contributed by atoms with Gasteiger partial charge in [-0.05, 0) is 19.4 Å². The van der Waals surface area contributed by atoms with Crippen LogP contribution in [-0.4, -0.2) is 64.5 Å². The largest absolute Gasteiger partial charge is 0.496 e. The average molecular weight is 477 g/mol. The lowest BCUT2D eigenvalue weighted by Gasteiger charge is -2.22. The van der Waals surface area contributed by atoms with Gasteiger partial charge in [0, 0.05) is 38.2 Å². The van der Waals surface area contributed by atoms with Gasteiger partial charge < -0.3 is 24.4 Å². The molecular formula is C19H32IN3O3. The van der Waals surface area contributed by atoms with Crippen LogP contribution in [0.5, 0.6) is 5.75 Å². The van der Waals surface area contributed by atoms with Crippen molar-refractivity contribution in [1.82, 2.24) is 10.2 Å². The third-order valence-electron chi connectivity index (χ3n) is 4.30. The minimum atomic E-state index is 0. The second-order valence-corrected chi connectivity index (χ2v) is 6.15. The first-order valence-electron chi connectivity index (χ1n) is 9.00. The van der Waals surface area contributed by atoms with E-state index in [9.17, 15) is 0 Å². The fraction of sp³-hybridized carbons (Fsp3) is 0.632. The van der Waals surface area contributed by atoms with Crippen LogP contribution in [0, 0.1) is 5.92 Å². The third kappa shape index (κ3) is 7.28. The van der Waals surface area contributed by atoms with Gasteiger partial charge in [0.25, 0.3) is 0 Å². The summed E-state index contributed by atoms with van der Waals surface area (Å²) in [5, 5.41) is 3.40. The minimum absolute atomic E-state index is 0. The van der Waals surface area contributed by atoms with E-state index < -0.39 is 0 Å². The van der Waals surface area contributed by atoms with Crippen LogP contribution in [0.4, 0.5) is 0 Å². The molecule has 0 bridgehead atoms. The first-order valence-corrected chi connectivity index (χ1v) is 9.00. The summed E-state index contributed by atoms with van der Waals surface area (Å²) >= 11 is 0. The zero-order chi connectivity index (χ0) is 17.9. The molecule has 0 saturated carbocycles. The Kier molecular flexibility index (Phi) is 11.6. The van der Waals surface area contributed by atoms with Crippen LogP contribution in [-0.2, 0) is 16.0 Å². The molecule has 1 aliphatic heterocycles. The fourth-order valence-electron chi connectivity index (χ4n) is 2.97. The number of hydrogen-bond acceptors (Lipinski definition) is 4. The number of guanidine groups is 1. The van der Waals surface area contributed by atoms with Crippen LogP contribution in [0.2, 0.25) is 0 Å². The van der Waals surface area contributed by atoms with Crippen molar-refractivity contribution < 1.29 is 14.2 Å². The number of para-hydroxylation sites is 1. The topological polar surface area (TPSA) is 55.3 Å². The maximum Gasteiger partial charge on any atom is 0.194 e. The van der Waals surface area contributed by atoms with Crippen LogP contribution in [0.1, 0.15) is 18.9 Å². The number of nitrogens with one attached hydrogen (secondary N) is 1. The van der Waals surface area contributed by atoms with Gasteiger partial charge >= 0.3 is 0 Å². The summed E-state index contributed by atoms with van der Waals surface area (Å²) in [5.41, 5.74) is 1.10. The molecule has 0 radical (unpaired) electrons. The number of benzene rings is 1. The van der Waals surface area contributed by atoms with Crippen molar-refractivity contribution >= 4 is 29.9 Å². The molecule has 1 N–H and O–H groups in total. The molecule has 0 aromatic heterocycles. The number of likely N-dealkylation sites (tertiary alicyclic amines) is 1. The molecule has 0 spiro atoms. The summed E-state index contributed by atoms with van der Waals surface area (Å²) in [7, 11) is 3.39. The van der Waals surface area contributed by atoms with Gasteiger partial charge in [0.2, 0.25) is 0 Å². The van der Waals surface area contributed by atoms with Gasteiger partial charge in [0.05, 0.1) is 33.5 Å². The van der Waals surface area contributed by atoms with Gasteiger partial charge in [-0.25, -0.2) is 4.99 Å². The molecule has 7 heteroatoms. The van der Waals surface area contributed by atoms with Crippen molar-refractivity contribution in [2.45, 2.75) is 19.9 Å². The first-order chi connectivity index (χ1) is 12.3. The normalized spacial score (nSPS) is 17.1. The number of aliphatic imine (C=N–C) groups is 1. The van der Waals surface area contributed by atoms with Crippen molar-refractivity contribution in [2.75, 3.05) is 53.7 Å². The van der Waals surface area contributed by atoms with Crippen LogP contribution in [0.25, 0.3) is 0 Å². The molecule has 2 rings (SSSR count). The van der Waals surface area contributed by atoms with E-state index in [1.54, 1.807) is 14.2 Å². The molecule has 1 saturated heterocycles. The van der Waals surface area contributed by atoms with Crippen molar-refractivity contribution in [1.29, 1.82) is 0 Å². The molecule has 0 aliphatic carbocycles. The molecule has 1 aromatic carbocycles. The van der Waals surface area contributed by atoms with E-state index in [2.05, 4.69) is 23.2 Å². The lowest BCUT2D eigenvalue weighted by atomic mass is 10.1. The zero-order valence-electron chi connectivity index (χ0n) is 16.1. The second kappa shape index (κ2) is 13.2. The highest BCUT2D eigenvalue weighted by Crippen LogP contribution is 2.20. The Hall–Kier alpha value is -1.06. The lowest BCUT2D eigenvalue weighted by molar-refractivity contribution is 0.0536. The SMILES string of the molecule is CCNC(=NCc1ccccc1OC)N1CCC(COCCOC)C1.I. The number of nitrogens with zero attached hydrogens (tertiary/aromatic N) is 2. The molecule has 1 heterocycles. The van der Waals surface area contributed by atoms with E-state index in [0.29, 0.717) is 25.7 Å². The zero-order valence-corrected chi connectivity index (χ0v) is 18.4. The standard InChI is InChI=1S/C19H31N3O3.HI/c1-4-20-19(21-13-17-7-5-6-8-18(17)24-3)22-10-9-16(14-22)15-25-12-11-23-2;/h5-8,16H,4,9-15H2,1-3H3,(H,20,21);1H. The molecule has 1 aliphatic rings. The highest BCUT2D eigenvalue weighted by atomic mass is 127. The maximum absolute atomic E-state index is 5.68. The summed E-state index contributed by atoms with van der Waals surface area (Å²) < 4.78 is 16.1. The van der Waals surface area contributed by atoms with Crippen molar-refractivity contribution in [3.05, 3.63) is 29.8 Å². The Balaban J connectivity index is 0.00000338. The highest BCUT2D eigenvalue weighted by molar-refractivity contribution is 14.0. The number of halogens is 1. The Bertz CT molecular complexity index is 543. The number of hydrogen-bond donors (Lipinski definition) is 1. The summed E-state index contributed by atoms with van der Waals surface area (Å²) in [6, 6.07) is 8.03. The van der Waals surface area contributed by atoms with Crippen LogP contribution < -0.4 is 10.1 Å². The molecule has 1 fully saturated rings. The molecule has 1 atom stereocenters. The molecule has 0 amide bonds. The van der Waals surface area contributed by atoms with E-state index in [1.165, 1.54) is 0 Å². The predicted octanol–water partition coefficient (Wildman–Crippen LogP) is 2.76. The Morgan fingerprint density at radius 2 is 2.08 bits per heavy atom. The molecule has 1 aromatic rings. The van der Waals surface area contributed by atoms with Gasteiger partial charge in [-0.1, -0.05) is 18.2 Å². The highest BCUT2D eigenvalue weighted by Gasteiger charge is 2.25. The molecular weight excluding hydrogens is 445 g/mol. The number of methoxy groups -OCH3 is 2. The predicted molar refractivity (Wildman–Crippen MR) is 116 cm³/mol. The van der Waals surface area contributed by atoms with Crippen molar-refractivity contribution in [3.63, 3.8) is 0 Å². The van der Waals surface area contributed by atoms with E-state index in [0.717, 1.165) is 49.9 Å². The average Bonchev–Trinajstić information content (AvgIpc) is 3.11. The molecule has 6 nitrogen and oxygen atoms in total. The van der Waals surface area contributed by atoms with E-state index in [4.69, 9.17) is 19.2 Å². The monoisotopic (exact) mass is 477 g/mol. The third-order valence-corrected chi connectivity index (χ3v) is 4.30. The van der Waals surface area contributed by atoms with Gasteiger partial charge in [-0.3, -0.25) is 0 Å². The van der Waals surface area contributed by atoms with Crippen molar-refractivity contribution in [3.8, 4) is 5.75 Å². The minimum Gasteiger partial charge on any atom is -0.496 e. The van der Waals surface area contributed by atoms with Gasteiger partial charge in [0.15, 0.2) is 5.96 Å². The molecule has 1 unspecified atom stereocenters. The van der Waals surface area contributed by atoms with Crippen molar-refractivity contribution in [2.24, 2.45) is 10.9 Å². The van der Waals surface area contributed by atoms with Crippen LogP contribution in [0.3, 0.4) is 0 Å². The maximum atomic E-state index is 5.68. The van der Waals surface area contributed by atoms with Gasteiger partial charge in [-0.15, -0.1) is 24.0 Å². The first kappa shape index (κ1) is 23.0. The smallest absolute Gasteiger partial charge is 0.194 e. The Morgan fingerprint density at radius 1 is 1.27 bits per heavy atom. The Morgan fingerprint density at radius 3 is 2.81 bits per heavy atom. The quantitative estimate of drug-likeness (QED) is 0.257. The van der Waals surface area contributed by atoms with Crippen LogP contribution in [0.15, 0.2) is 29.3 Å². The molecule has 148 valence electrons. The summed E-state index contributed by atoms with van der Waals surface area (Å²) in [6.07, 6.45) is 1.13. The number of rotatable bonds is 9. The van der Waals surface area contributed by atoms with E-state index in [-0.39, 0.29) is 24.0 Å². The van der Waals surface area contributed by atoms with E-state index in [1.807, 2.05) is 18.2 Å². The molecule has 26 heavy (non-hydrogen) atoms. The summed E-state index contributed by atoms with van der Waals surface area (Å²) in [6.45, 7) is 7.65. The summed E-state index contributed by atoms with van der Waals surface area (Å²) in [5.74, 6) is 2.40. The fourth-order valence-corrected chi connectivity index (χ4v) is 2.97. The van der Waals surface area contributed by atoms with Crippen LogP contribution >= 0.6 is 24.0 Å². The Labute approximate surface area is 174 Å². The second-order valence-electron chi connectivity index (χ2n) is 6.15.